The van der Waals surface area contributed by atoms with E-state index in [1.807, 2.05) is 12.1 Å². The number of hydrogen-bond donors (Lipinski definition) is 1. The van der Waals surface area contributed by atoms with E-state index < -0.39 is 0 Å². The van der Waals surface area contributed by atoms with Crippen molar-refractivity contribution in [2.45, 2.75) is 38.3 Å². The molecule has 5 nitrogen and oxygen atoms in total. The highest BCUT2D eigenvalue weighted by Crippen LogP contribution is 2.17. The van der Waals surface area contributed by atoms with Crippen LogP contribution in [0, 0.1) is 0 Å². The number of rotatable bonds is 6. The summed E-state index contributed by atoms with van der Waals surface area (Å²) in [5.41, 5.74) is 0.885. The lowest BCUT2D eigenvalue weighted by Gasteiger charge is -2.10. The summed E-state index contributed by atoms with van der Waals surface area (Å²) in [4.78, 5) is 15.8. The average molecular weight is 264 g/mol. The fraction of sp³-hybridized carbons (Fsp3) is 0.571. The number of methoxy groups -OCH3 is 1. The zero-order valence-corrected chi connectivity index (χ0v) is 11.2. The van der Waals surface area contributed by atoms with Crippen LogP contribution in [0.5, 0.6) is 5.88 Å². The van der Waals surface area contributed by atoms with Crippen molar-refractivity contribution in [1.82, 2.24) is 10.3 Å². The number of pyridine rings is 1. The molecule has 1 amide bonds. The van der Waals surface area contributed by atoms with E-state index in [0.717, 1.165) is 31.4 Å². The molecule has 1 saturated heterocycles. The van der Waals surface area contributed by atoms with Gasteiger partial charge in [-0.2, -0.15) is 0 Å². The highest BCUT2D eigenvalue weighted by atomic mass is 16.5. The van der Waals surface area contributed by atoms with Crippen molar-refractivity contribution in [3.05, 3.63) is 23.9 Å². The Labute approximate surface area is 113 Å². The molecule has 1 aromatic rings. The third-order valence-corrected chi connectivity index (χ3v) is 3.24. The van der Waals surface area contributed by atoms with Gasteiger partial charge in [-0.05, 0) is 25.3 Å². The molecule has 0 bridgehead atoms. The molecule has 1 aliphatic rings. The molecule has 2 rings (SSSR count). The van der Waals surface area contributed by atoms with Crippen LogP contribution in [0.3, 0.4) is 0 Å². The van der Waals surface area contributed by atoms with E-state index in [-0.39, 0.29) is 12.0 Å². The molecule has 1 unspecified atom stereocenters. The summed E-state index contributed by atoms with van der Waals surface area (Å²) in [6.45, 7) is 1.28. The van der Waals surface area contributed by atoms with Crippen molar-refractivity contribution in [2.75, 3.05) is 13.7 Å². The van der Waals surface area contributed by atoms with E-state index >= 15 is 0 Å². The number of ether oxygens (including phenoxy) is 2. The second kappa shape index (κ2) is 7.09. The van der Waals surface area contributed by atoms with Crippen LogP contribution in [0.15, 0.2) is 18.3 Å². The molecule has 1 fully saturated rings. The van der Waals surface area contributed by atoms with Crippen molar-refractivity contribution in [3.8, 4) is 5.88 Å². The second-order valence-corrected chi connectivity index (χ2v) is 4.62. The lowest BCUT2D eigenvalue weighted by atomic mass is 10.1. The minimum Gasteiger partial charge on any atom is -0.481 e. The topological polar surface area (TPSA) is 60.5 Å². The maximum atomic E-state index is 11.7. The summed E-state index contributed by atoms with van der Waals surface area (Å²) in [5.74, 6) is 0.600. The van der Waals surface area contributed by atoms with Gasteiger partial charge in [0.15, 0.2) is 0 Å². The van der Waals surface area contributed by atoms with Crippen molar-refractivity contribution in [2.24, 2.45) is 0 Å². The van der Waals surface area contributed by atoms with Crippen molar-refractivity contribution in [1.29, 1.82) is 0 Å². The summed E-state index contributed by atoms with van der Waals surface area (Å²) in [5, 5.41) is 2.88. The van der Waals surface area contributed by atoms with Crippen LogP contribution in [0.4, 0.5) is 0 Å². The van der Waals surface area contributed by atoms with Gasteiger partial charge in [-0.15, -0.1) is 0 Å². The first kappa shape index (κ1) is 13.8. The first-order valence-electron chi connectivity index (χ1n) is 6.66. The maximum absolute atomic E-state index is 11.7. The molecule has 0 aromatic carbocycles. The number of carbonyl (C=O) groups excluding carboxylic acids is 1. The molecule has 0 radical (unpaired) electrons. The molecule has 1 aromatic heterocycles. The predicted molar refractivity (Wildman–Crippen MR) is 70.8 cm³/mol. The first-order chi connectivity index (χ1) is 9.29. The van der Waals surface area contributed by atoms with E-state index in [9.17, 15) is 4.79 Å². The molecular formula is C14H20N2O3. The Kier molecular flexibility index (Phi) is 5.15. The van der Waals surface area contributed by atoms with Gasteiger partial charge < -0.3 is 14.8 Å². The Morgan fingerprint density at radius 3 is 3.26 bits per heavy atom. The molecule has 0 aliphatic carbocycles. The van der Waals surface area contributed by atoms with E-state index in [4.69, 9.17) is 9.47 Å². The quantitative estimate of drug-likeness (QED) is 0.849. The van der Waals surface area contributed by atoms with Gasteiger partial charge in [0.2, 0.25) is 11.8 Å². The van der Waals surface area contributed by atoms with Crippen LogP contribution in [0.1, 0.15) is 31.2 Å². The maximum Gasteiger partial charge on any atom is 0.220 e. The highest BCUT2D eigenvalue weighted by Gasteiger charge is 2.16. The summed E-state index contributed by atoms with van der Waals surface area (Å²) in [7, 11) is 1.57. The Morgan fingerprint density at radius 1 is 1.63 bits per heavy atom. The Hall–Kier alpha value is -1.62. The Morgan fingerprint density at radius 2 is 2.53 bits per heavy atom. The van der Waals surface area contributed by atoms with Crippen LogP contribution in [0.2, 0.25) is 0 Å². The van der Waals surface area contributed by atoms with Gasteiger partial charge in [0.25, 0.3) is 0 Å². The lowest BCUT2D eigenvalue weighted by Crippen LogP contribution is -2.24. The minimum atomic E-state index is 0.0430. The third-order valence-electron chi connectivity index (χ3n) is 3.24. The minimum absolute atomic E-state index is 0.0430. The summed E-state index contributed by atoms with van der Waals surface area (Å²) < 4.78 is 10.6. The Balaban J connectivity index is 1.73. The van der Waals surface area contributed by atoms with E-state index in [0.29, 0.717) is 18.8 Å². The molecule has 1 atom stereocenters. The number of aromatic nitrogens is 1. The molecule has 0 spiro atoms. The van der Waals surface area contributed by atoms with Gasteiger partial charge in [-0.25, -0.2) is 4.98 Å². The molecular weight excluding hydrogens is 244 g/mol. The fourth-order valence-electron chi connectivity index (χ4n) is 2.19. The average Bonchev–Trinajstić information content (AvgIpc) is 2.96. The van der Waals surface area contributed by atoms with Crippen LogP contribution < -0.4 is 10.1 Å². The van der Waals surface area contributed by atoms with Crippen molar-refractivity contribution >= 4 is 5.91 Å². The first-order valence-corrected chi connectivity index (χ1v) is 6.66. The highest BCUT2D eigenvalue weighted by molar-refractivity contribution is 5.75. The zero-order valence-electron chi connectivity index (χ0n) is 11.2. The summed E-state index contributed by atoms with van der Waals surface area (Å²) in [6, 6.07) is 3.72. The predicted octanol–water partition coefficient (Wildman–Crippen LogP) is 1.67. The number of nitrogens with zero attached hydrogens (tertiary/aromatic N) is 1. The smallest absolute Gasteiger partial charge is 0.220 e. The molecule has 1 N–H and O–H groups in total. The van der Waals surface area contributed by atoms with Gasteiger partial charge in [0.1, 0.15) is 0 Å². The summed E-state index contributed by atoms with van der Waals surface area (Å²) in [6.07, 6.45) is 5.42. The van der Waals surface area contributed by atoms with Crippen LogP contribution in [-0.2, 0) is 16.1 Å². The Bertz CT molecular complexity index is 417. The standard InChI is InChI=1S/C14H20N2O3/c1-18-14-11(4-2-8-15-14)10-16-13(17)7-6-12-5-3-9-19-12/h2,4,8,12H,3,5-7,9-10H2,1H3,(H,16,17). The van der Waals surface area contributed by atoms with Crippen LogP contribution in [-0.4, -0.2) is 30.7 Å². The largest absolute Gasteiger partial charge is 0.481 e. The molecule has 2 heterocycles. The molecule has 19 heavy (non-hydrogen) atoms. The van der Waals surface area contributed by atoms with Gasteiger partial charge in [0, 0.05) is 31.3 Å². The van der Waals surface area contributed by atoms with Gasteiger partial charge in [-0.1, -0.05) is 6.07 Å². The number of amides is 1. The monoisotopic (exact) mass is 264 g/mol. The van der Waals surface area contributed by atoms with Crippen LogP contribution in [0.25, 0.3) is 0 Å². The van der Waals surface area contributed by atoms with Gasteiger partial charge >= 0.3 is 0 Å². The molecule has 0 saturated carbocycles. The molecule has 104 valence electrons. The van der Waals surface area contributed by atoms with E-state index in [2.05, 4.69) is 10.3 Å². The fourth-order valence-corrected chi connectivity index (χ4v) is 2.19. The number of carbonyl (C=O) groups is 1. The summed E-state index contributed by atoms with van der Waals surface area (Å²) >= 11 is 0. The third kappa shape index (κ3) is 4.21. The van der Waals surface area contributed by atoms with E-state index in [1.165, 1.54) is 0 Å². The van der Waals surface area contributed by atoms with E-state index in [1.54, 1.807) is 13.3 Å². The van der Waals surface area contributed by atoms with Gasteiger partial charge in [-0.3, -0.25) is 4.79 Å². The number of hydrogen-bond acceptors (Lipinski definition) is 4. The van der Waals surface area contributed by atoms with Gasteiger partial charge in [0.05, 0.1) is 13.2 Å². The zero-order chi connectivity index (χ0) is 13.5. The number of nitrogens with one attached hydrogen (secondary N) is 1. The van der Waals surface area contributed by atoms with Crippen LogP contribution >= 0.6 is 0 Å². The van der Waals surface area contributed by atoms with Crippen molar-refractivity contribution in [3.63, 3.8) is 0 Å². The molecule has 1 aliphatic heterocycles. The lowest BCUT2D eigenvalue weighted by molar-refractivity contribution is -0.121. The van der Waals surface area contributed by atoms with Crippen molar-refractivity contribution < 1.29 is 14.3 Å². The SMILES string of the molecule is COc1ncccc1CNC(=O)CCC1CCCO1. The molecule has 5 heteroatoms. The normalized spacial score (nSPS) is 18.3. The second-order valence-electron chi connectivity index (χ2n) is 4.62.